The van der Waals surface area contributed by atoms with E-state index in [9.17, 15) is 0 Å². The van der Waals surface area contributed by atoms with Crippen LogP contribution in [0.2, 0.25) is 0 Å². The third kappa shape index (κ3) is 5.40. The molecule has 0 radical (unpaired) electrons. The van der Waals surface area contributed by atoms with E-state index in [1.807, 2.05) is 12.1 Å². The van der Waals surface area contributed by atoms with Gasteiger partial charge in [0.2, 0.25) is 0 Å². The summed E-state index contributed by atoms with van der Waals surface area (Å²) in [5, 5.41) is 12.1. The summed E-state index contributed by atoms with van der Waals surface area (Å²) in [6.45, 7) is 0. The molecular formula is C51H36N4O. The van der Waals surface area contributed by atoms with Crippen LogP contribution in [0.3, 0.4) is 0 Å². The summed E-state index contributed by atoms with van der Waals surface area (Å²) in [4.78, 5) is 5.23. The van der Waals surface area contributed by atoms with Gasteiger partial charge < -0.3 is 14.3 Å². The van der Waals surface area contributed by atoms with Crippen LogP contribution in [0.15, 0.2) is 204 Å². The molecule has 2 N–H and O–H groups in total. The zero-order chi connectivity index (χ0) is 37.0. The molecule has 0 saturated carbocycles. The number of hydrogen-bond donors (Lipinski definition) is 2. The number of para-hydroxylation sites is 3. The number of nitrogens with zero attached hydrogens (tertiary/aromatic N) is 2. The number of benzene rings is 8. The van der Waals surface area contributed by atoms with Crippen LogP contribution in [0.5, 0.6) is 0 Å². The lowest BCUT2D eigenvalue weighted by atomic mass is 9.99. The summed E-state index contributed by atoms with van der Waals surface area (Å²) in [5.74, 6) is 0.853. The molecular weight excluding hydrogens is 685 g/mol. The standard InChI is InChI=1S/C51H36N4O/c1-4-15-33(16-5-1)39-24-13-26-42-43-27-14-25-40(48(43)56-47(39)42)36-29-30-46-44(32-36)41-23-10-11-28-45(41)55(46)38-22-12-21-37(31-38)51-53-49(34-17-6-2-7-18-34)52-50(54-51)35-19-8-3-9-20-35/h1-32,49-50,52H,(H,53,54). The molecule has 0 spiro atoms. The smallest absolute Gasteiger partial charge is 0.143 e. The Labute approximate surface area is 324 Å². The summed E-state index contributed by atoms with van der Waals surface area (Å²) in [6, 6.07) is 68.6. The maximum atomic E-state index is 6.81. The van der Waals surface area contributed by atoms with Gasteiger partial charge in [-0.3, -0.25) is 5.32 Å². The topological polar surface area (TPSA) is 54.5 Å². The van der Waals surface area contributed by atoms with Crippen LogP contribution < -0.4 is 10.6 Å². The molecule has 8 aromatic carbocycles. The van der Waals surface area contributed by atoms with Gasteiger partial charge in [0, 0.05) is 43.9 Å². The molecule has 0 amide bonds. The van der Waals surface area contributed by atoms with E-state index in [4.69, 9.17) is 9.41 Å². The monoisotopic (exact) mass is 720 g/mol. The molecule has 3 heterocycles. The van der Waals surface area contributed by atoms with Gasteiger partial charge in [-0.1, -0.05) is 164 Å². The van der Waals surface area contributed by atoms with Gasteiger partial charge in [-0.15, -0.1) is 0 Å². The lowest BCUT2D eigenvalue weighted by molar-refractivity contribution is 0.409. The van der Waals surface area contributed by atoms with E-state index in [0.717, 1.165) is 83.4 Å². The first kappa shape index (κ1) is 32.2. The van der Waals surface area contributed by atoms with Gasteiger partial charge in [0.25, 0.3) is 0 Å². The fraction of sp³-hybridized carbons (Fsp3) is 0.0392. The van der Waals surface area contributed by atoms with Crippen molar-refractivity contribution >= 4 is 49.6 Å². The minimum absolute atomic E-state index is 0.106. The van der Waals surface area contributed by atoms with Gasteiger partial charge in [-0.25, -0.2) is 4.99 Å². The quantitative estimate of drug-likeness (QED) is 0.180. The maximum absolute atomic E-state index is 6.81. The van der Waals surface area contributed by atoms with Crippen molar-refractivity contribution in [1.29, 1.82) is 0 Å². The number of aliphatic imine (C=N–C) groups is 1. The summed E-state index contributed by atoms with van der Waals surface area (Å²) >= 11 is 0. The highest BCUT2D eigenvalue weighted by atomic mass is 16.3. The highest BCUT2D eigenvalue weighted by molar-refractivity contribution is 6.15. The Morgan fingerprint density at radius 2 is 1.04 bits per heavy atom. The van der Waals surface area contributed by atoms with Gasteiger partial charge in [-0.2, -0.15) is 0 Å². The molecule has 2 unspecified atom stereocenters. The van der Waals surface area contributed by atoms with Crippen LogP contribution >= 0.6 is 0 Å². The first-order chi connectivity index (χ1) is 27.8. The second kappa shape index (κ2) is 13.3. The average Bonchev–Trinajstić information content (AvgIpc) is 3.83. The van der Waals surface area contributed by atoms with E-state index < -0.39 is 0 Å². The number of furan rings is 1. The van der Waals surface area contributed by atoms with Crippen molar-refractivity contribution in [3.05, 3.63) is 211 Å². The molecule has 0 saturated heterocycles. The Balaban J connectivity index is 1.03. The molecule has 10 aromatic rings. The number of hydrogen-bond acceptors (Lipinski definition) is 4. The average molecular weight is 721 g/mol. The fourth-order valence-electron chi connectivity index (χ4n) is 8.43. The van der Waals surface area contributed by atoms with Crippen LogP contribution in [0, 0.1) is 0 Å². The predicted molar refractivity (Wildman–Crippen MR) is 230 cm³/mol. The lowest BCUT2D eigenvalue weighted by Crippen LogP contribution is -2.44. The van der Waals surface area contributed by atoms with Crippen LogP contribution in [-0.4, -0.2) is 10.4 Å². The Hall–Kier alpha value is -7.21. The third-order valence-corrected chi connectivity index (χ3v) is 11.1. The minimum atomic E-state index is -0.200. The minimum Gasteiger partial charge on any atom is -0.455 e. The van der Waals surface area contributed by atoms with Gasteiger partial charge in [0.05, 0.1) is 11.0 Å². The van der Waals surface area contributed by atoms with Gasteiger partial charge >= 0.3 is 0 Å². The molecule has 0 fully saturated rings. The van der Waals surface area contributed by atoms with E-state index in [1.54, 1.807) is 0 Å². The molecule has 0 aliphatic carbocycles. The van der Waals surface area contributed by atoms with E-state index in [0.29, 0.717) is 0 Å². The zero-order valence-corrected chi connectivity index (χ0v) is 30.4. The summed E-state index contributed by atoms with van der Waals surface area (Å²) in [5.41, 5.74) is 12.9. The number of fused-ring (bicyclic) bond motifs is 6. The molecule has 2 aromatic heterocycles. The van der Waals surface area contributed by atoms with Crippen molar-refractivity contribution in [2.24, 2.45) is 4.99 Å². The largest absolute Gasteiger partial charge is 0.455 e. The number of nitrogens with one attached hydrogen (secondary N) is 2. The molecule has 56 heavy (non-hydrogen) atoms. The van der Waals surface area contributed by atoms with Crippen LogP contribution in [0.4, 0.5) is 0 Å². The van der Waals surface area contributed by atoms with Crippen molar-refractivity contribution in [1.82, 2.24) is 15.2 Å². The van der Waals surface area contributed by atoms with Crippen LogP contribution in [0.25, 0.3) is 71.7 Å². The maximum Gasteiger partial charge on any atom is 0.143 e. The van der Waals surface area contributed by atoms with Gasteiger partial charge in [0.15, 0.2) is 0 Å². The summed E-state index contributed by atoms with van der Waals surface area (Å²) in [6.07, 6.45) is -0.306. The van der Waals surface area contributed by atoms with E-state index >= 15 is 0 Å². The molecule has 266 valence electrons. The van der Waals surface area contributed by atoms with E-state index in [-0.39, 0.29) is 12.3 Å². The Bertz CT molecular complexity index is 3090. The summed E-state index contributed by atoms with van der Waals surface area (Å²) < 4.78 is 9.18. The molecule has 11 rings (SSSR count). The number of amidine groups is 1. The zero-order valence-electron chi connectivity index (χ0n) is 30.4. The molecule has 2 atom stereocenters. The Morgan fingerprint density at radius 3 is 1.79 bits per heavy atom. The molecule has 5 nitrogen and oxygen atoms in total. The number of rotatable bonds is 6. The normalized spacial score (nSPS) is 15.7. The molecule has 1 aliphatic rings. The second-order valence-electron chi connectivity index (χ2n) is 14.4. The lowest BCUT2D eigenvalue weighted by Gasteiger charge is -2.32. The molecule has 0 bridgehead atoms. The number of aromatic nitrogens is 1. The van der Waals surface area contributed by atoms with Crippen molar-refractivity contribution in [2.45, 2.75) is 12.3 Å². The first-order valence-corrected chi connectivity index (χ1v) is 19.1. The van der Waals surface area contributed by atoms with Gasteiger partial charge in [-0.05, 0) is 52.6 Å². The Kier molecular flexibility index (Phi) is 7.64. The molecule has 1 aliphatic heterocycles. The third-order valence-electron chi connectivity index (χ3n) is 11.1. The van der Waals surface area contributed by atoms with Crippen molar-refractivity contribution < 1.29 is 4.42 Å². The first-order valence-electron chi connectivity index (χ1n) is 19.1. The van der Waals surface area contributed by atoms with Crippen molar-refractivity contribution in [2.75, 3.05) is 0 Å². The van der Waals surface area contributed by atoms with Gasteiger partial charge in [0.1, 0.15) is 29.3 Å². The Morgan fingerprint density at radius 1 is 0.446 bits per heavy atom. The van der Waals surface area contributed by atoms with E-state index in [2.05, 4.69) is 197 Å². The van der Waals surface area contributed by atoms with Crippen LogP contribution in [-0.2, 0) is 0 Å². The molecule has 5 heteroatoms. The summed E-state index contributed by atoms with van der Waals surface area (Å²) in [7, 11) is 0. The SMILES string of the molecule is c1ccc(-c2cccc3c2oc2c(-c4ccc5c(c4)c4ccccc4n5-c4cccc(C5=NC(c6ccccc6)NC(c6ccccc6)N5)c4)cccc23)cc1. The van der Waals surface area contributed by atoms with E-state index in [1.165, 1.54) is 10.8 Å². The highest BCUT2D eigenvalue weighted by Gasteiger charge is 2.26. The van der Waals surface area contributed by atoms with Crippen molar-refractivity contribution in [3.63, 3.8) is 0 Å². The second-order valence-corrected chi connectivity index (χ2v) is 14.4. The highest BCUT2D eigenvalue weighted by Crippen LogP contribution is 2.42. The van der Waals surface area contributed by atoms with Crippen LogP contribution in [0.1, 0.15) is 29.0 Å². The predicted octanol–water partition coefficient (Wildman–Crippen LogP) is 12.4. The fourth-order valence-corrected chi connectivity index (χ4v) is 8.43. The van der Waals surface area contributed by atoms with Crippen molar-refractivity contribution in [3.8, 4) is 27.9 Å².